The number of ether oxygens (including phenoxy) is 1. The summed E-state index contributed by atoms with van der Waals surface area (Å²) in [5.74, 6) is -1.21. The van der Waals surface area contributed by atoms with Crippen LogP contribution in [0.4, 0.5) is 4.79 Å². The summed E-state index contributed by atoms with van der Waals surface area (Å²) < 4.78 is 5.61. The average Bonchev–Trinajstić information content (AvgIpc) is 3.37. The van der Waals surface area contributed by atoms with E-state index in [1.54, 1.807) is 0 Å². The number of carbonyl (C=O) groups excluding carboxylic acids is 2. The molecular weight excluding hydrogens is 436 g/mol. The lowest BCUT2D eigenvalue weighted by molar-refractivity contribution is -0.139. The van der Waals surface area contributed by atoms with E-state index in [0.717, 1.165) is 24.0 Å². The van der Waals surface area contributed by atoms with Gasteiger partial charge in [-0.15, -0.1) is 0 Å². The number of carboxylic acid groups (broad SMARTS) is 1. The van der Waals surface area contributed by atoms with Gasteiger partial charge in [0.05, 0.1) is 12.5 Å². The maximum Gasteiger partial charge on any atom is 0.407 e. The molecule has 2 aliphatic rings. The normalized spacial score (nSPS) is 19.7. The van der Waals surface area contributed by atoms with E-state index in [1.807, 2.05) is 24.3 Å². The fourth-order valence-corrected chi connectivity index (χ4v) is 5.04. The molecule has 8 nitrogen and oxygen atoms in total. The number of nitrogens with one attached hydrogen (secondary N) is 2. The Bertz CT molecular complexity index is 1010. The van der Waals surface area contributed by atoms with E-state index in [9.17, 15) is 19.5 Å². The van der Waals surface area contributed by atoms with Crippen LogP contribution in [0.5, 0.6) is 0 Å². The summed E-state index contributed by atoms with van der Waals surface area (Å²) >= 11 is 0. The van der Waals surface area contributed by atoms with E-state index in [4.69, 9.17) is 9.84 Å². The number of aliphatic hydroxyl groups excluding tert-OH is 1. The Morgan fingerprint density at radius 2 is 1.65 bits per heavy atom. The third-order valence-electron chi connectivity index (χ3n) is 6.63. The molecule has 4 rings (SSSR count). The second-order valence-electron chi connectivity index (χ2n) is 9.11. The van der Waals surface area contributed by atoms with Gasteiger partial charge < -0.3 is 25.6 Å². The van der Waals surface area contributed by atoms with Crippen molar-refractivity contribution in [2.24, 2.45) is 5.92 Å². The van der Waals surface area contributed by atoms with Crippen LogP contribution in [-0.2, 0) is 14.3 Å². The molecular formula is C26H30N2O6. The van der Waals surface area contributed by atoms with Gasteiger partial charge in [0, 0.05) is 24.9 Å². The lowest BCUT2D eigenvalue weighted by Gasteiger charge is -2.17. The molecule has 0 spiro atoms. The van der Waals surface area contributed by atoms with Gasteiger partial charge in [0.2, 0.25) is 5.91 Å². The Morgan fingerprint density at radius 1 is 1.00 bits per heavy atom. The van der Waals surface area contributed by atoms with Gasteiger partial charge in [-0.1, -0.05) is 48.5 Å². The predicted octanol–water partition coefficient (Wildman–Crippen LogP) is 3.04. The minimum Gasteiger partial charge on any atom is -0.481 e. The molecule has 2 aromatic carbocycles. The number of hydrogen-bond acceptors (Lipinski definition) is 5. The quantitative estimate of drug-likeness (QED) is 0.450. The summed E-state index contributed by atoms with van der Waals surface area (Å²) in [5.41, 5.74) is 4.69. The SMILES string of the molecule is O=C(O)CC(O)CNC(=O)C[C@H]1CC[C@@H](NC(=O)OCC2c3ccccc3-c3ccccc32)C1. The first-order valence-corrected chi connectivity index (χ1v) is 11.7. The first kappa shape index (κ1) is 23.8. The average molecular weight is 467 g/mol. The van der Waals surface area contributed by atoms with Gasteiger partial charge in [0.25, 0.3) is 0 Å². The van der Waals surface area contributed by atoms with Crippen LogP contribution in [0.15, 0.2) is 48.5 Å². The van der Waals surface area contributed by atoms with Crippen molar-refractivity contribution in [1.29, 1.82) is 0 Å². The molecule has 1 saturated carbocycles. The molecule has 2 amide bonds. The van der Waals surface area contributed by atoms with Crippen molar-refractivity contribution in [2.75, 3.05) is 13.2 Å². The number of aliphatic hydroxyl groups is 1. The Morgan fingerprint density at radius 3 is 2.29 bits per heavy atom. The number of aliphatic carboxylic acids is 1. The lowest BCUT2D eigenvalue weighted by atomic mass is 9.98. The third kappa shape index (κ3) is 5.75. The number of rotatable bonds is 9. The van der Waals surface area contributed by atoms with Crippen molar-refractivity contribution in [3.05, 3.63) is 59.7 Å². The van der Waals surface area contributed by atoms with Crippen molar-refractivity contribution in [1.82, 2.24) is 10.6 Å². The van der Waals surface area contributed by atoms with Crippen LogP contribution in [0.3, 0.4) is 0 Å². The van der Waals surface area contributed by atoms with Crippen LogP contribution in [0.1, 0.15) is 49.1 Å². The fourth-order valence-electron chi connectivity index (χ4n) is 5.04. The van der Waals surface area contributed by atoms with Crippen LogP contribution in [0, 0.1) is 5.92 Å². The molecule has 0 bridgehead atoms. The van der Waals surface area contributed by atoms with E-state index in [0.29, 0.717) is 6.42 Å². The van der Waals surface area contributed by atoms with Gasteiger partial charge in [0.15, 0.2) is 0 Å². The summed E-state index contributed by atoms with van der Waals surface area (Å²) in [7, 11) is 0. The zero-order chi connectivity index (χ0) is 24.1. The molecule has 8 heteroatoms. The van der Waals surface area contributed by atoms with Crippen molar-refractivity contribution in [2.45, 2.75) is 50.2 Å². The second kappa shape index (κ2) is 10.7. The molecule has 180 valence electrons. The highest BCUT2D eigenvalue weighted by Crippen LogP contribution is 2.44. The van der Waals surface area contributed by atoms with Crippen LogP contribution in [0.2, 0.25) is 0 Å². The minimum absolute atomic E-state index is 0.00894. The molecule has 2 aromatic rings. The molecule has 34 heavy (non-hydrogen) atoms. The van der Waals surface area contributed by atoms with Crippen LogP contribution >= 0.6 is 0 Å². The molecule has 3 atom stereocenters. The van der Waals surface area contributed by atoms with Gasteiger partial charge in [0.1, 0.15) is 6.61 Å². The summed E-state index contributed by atoms with van der Waals surface area (Å²) in [5, 5.41) is 23.7. The number of fused-ring (bicyclic) bond motifs is 3. The van der Waals surface area contributed by atoms with Crippen molar-refractivity contribution in [3.63, 3.8) is 0 Å². The zero-order valence-electron chi connectivity index (χ0n) is 18.9. The molecule has 0 heterocycles. The van der Waals surface area contributed by atoms with Crippen molar-refractivity contribution in [3.8, 4) is 11.1 Å². The monoisotopic (exact) mass is 466 g/mol. The van der Waals surface area contributed by atoms with Crippen molar-refractivity contribution < 1.29 is 29.3 Å². The standard InChI is InChI=1S/C26H30N2O6/c29-18(13-25(31)32)14-27-24(30)12-16-9-10-17(11-16)28-26(33)34-15-23-21-7-3-1-5-19(21)20-6-2-4-8-22(20)23/h1-8,16-18,23,29H,9-15H2,(H,27,30)(H,28,33)(H,31,32)/t16-,17+,18?/m0/s1. The smallest absolute Gasteiger partial charge is 0.407 e. The summed E-state index contributed by atoms with van der Waals surface area (Å²) in [4.78, 5) is 35.1. The van der Waals surface area contributed by atoms with Crippen LogP contribution in [0.25, 0.3) is 11.1 Å². The molecule has 4 N–H and O–H groups in total. The number of alkyl carbamates (subject to hydrolysis) is 1. The summed E-state index contributed by atoms with van der Waals surface area (Å²) in [6.07, 6.45) is 0.568. The van der Waals surface area contributed by atoms with Gasteiger partial charge in [-0.3, -0.25) is 9.59 Å². The minimum atomic E-state index is -1.11. The first-order chi connectivity index (χ1) is 16.4. The van der Waals surface area contributed by atoms with E-state index < -0.39 is 24.6 Å². The molecule has 2 aliphatic carbocycles. The van der Waals surface area contributed by atoms with Crippen molar-refractivity contribution >= 4 is 18.0 Å². The van der Waals surface area contributed by atoms with E-state index >= 15 is 0 Å². The summed E-state index contributed by atoms with van der Waals surface area (Å²) in [6, 6.07) is 16.3. The van der Waals surface area contributed by atoms with Crippen LogP contribution in [-0.4, -0.2) is 53.5 Å². The van der Waals surface area contributed by atoms with E-state index in [1.165, 1.54) is 11.1 Å². The number of carbonyl (C=O) groups is 3. The molecule has 1 fully saturated rings. The maximum atomic E-state index is 12.5. The van der Waals surface area contributed by atoms with Gasteiger partial charge in [-0.05, 0) is 47.4 Å². The highest BCUT2D eigenvalue weighted by atomic mass is 16.5. The number of amides is 2. The highest BCUT2D eigenvalue weighted by Gasteiger charge is 2.31. The molecule has 1 unspecified atom stereocenters. The predicted molar refractivity (Wildman–Crippen MR) is 125 cm³/mol. The Hall–Kier alpha value is -3.39. The number of hydrogen-bond donors (Lipinski definition) is 4. The Balaban J connectivity index is 1.21. The van der Waals surface area contributed by atoms with E-state index in [-0.39, 0.29) is 43.4 Å². The largest absolute Gasteiger partial charge is 0.481 e. The first-order valence-electron chi connectivity index (χ1n) is 11.7. The van der Waals surface area contributed by atoms with Gasteiger partial charge >= 0.3 is 12.1 Å². The highest BCUT2D eigenvalue weighted by molar-refractivity contribution is 5.79. The zero-order valence-corrected chi connectivity index (χ0v) is 18.9. The maximum absolute atomic E-state index is 12.5. The topological polar surface area (TPSA) is 125 Å². The Labute approximate surface area is 198 Å². The van der Waals surface area contributed by atoms with Crippen LogP contribution < -0.4 is 10.6 Å². The van der Waals surface area contributed by atoms with E-state index in [2.05, 4.69) is 34.9 Å². The molecule has 0 radical (unpaired) electrons. The molecule has 0 aromatic heterocycles. The fraction of sp³-hybridized carbons (Fsp3) is 0.423. The van der Waals surface area contributed by atoms with Gasteiger partial charge in [-0.2, -0.15) is 0 Å². The molecule has 0 aliphatic heterocycles. The second-order valence-corrected chi connectivity index (χ2v) is 9.11. The third-order valence-corrected chi connectivity index (χ3v) is 6.63. The van der Waals surface area contributed by atoms with Gasteiger partial charge in [-0.25, -0.2) is 4.79 Å². The Kier molecular flexibility index (Phi) is 7.47. The molecule has 0 saturated heterocycles. The lowest BCUT2D eigenvalue weighted by Crippen LogP contribution is -2.35. The number of benzene rings is 2. The summed E-state index contributed by atoms with van der Waals surface area (Å²) in [6.45, 7) is 0.177. The number of carboxylic acids is 1.